The topological polar surface area (TPSA) is 103 Å². The number of hydrogen-bond donors (Lipinski definition) is 0. The highest BCUT2D eigenvalue weighted by Gasteiger charge is 2.28. The number of nitrogens with zero attached hydrogens (tertiary/aromatic N) is 5. The molecular weight excluding hydrogens is 414 g/mol. The molecule has 154 valence electrons. The van der Waals surface area contributed by atoms with Crippen LogP contribution in [0.4, 0.5) is 5.69 Å². The standard InChI is InChI=1S/C22H17N5O3S/c28-20-11-16(15-6-2-1-3-7-15)10-19-18(20)12-26-21(23-19)24-22(25-26)31-13-14-5-4-8-17(9-14)27(29)30/h1-9,12,16H,10-11,13H2/t16-/m0/s1. The second-order valence-electron chi connectivity index (χ2n) is 7.39. The van der Waals surface area contributed by atoms with Gasteiger partial charge in [-0.25, -0.2) is 9.50 Å². The summed E-state index contributed by atoms with van der Waals surface area (Å²) in [6, 6.07) is 16.5. The predicted molar refractivity (Wildman–Crippen MR) is 115 cm³/mol. The minimum atomic E-state index is -0.411. The maximum absolute atomic E-state index is 12.8. The molecule has 1 aliphatic carbocycles. The van der Waals surface area contributed by atoms with Crippen molar-refractivity contribution in [3.05, 3.63) is 93.3 Å². The molecule has 0 radical (unpaired) electrons. The summed E-state index contributed by atoms with van der Waals surface area (Å²) in [5.41, 5.74) is 3.35. The minimum absolute atomic E-state index is 0.0573. The van der Waals surface area contributed by atoms with Gasteiger partial charge in [0.1, 0.15) is 0 Å². The summed E-state index contributed by atoms with van der Waals surface area (Å²) in [4.78, 5) is 32.4. The second-order valence-corrected chi connectivity index (χ2v) is 8.34. The van der Waals surface area contributed by atoms with Crippen LogP contribution in [-0.4, -0.2) is 30.3 Å². The highest BCUT2D eigenvalue weighted by Crippen LogP contribution is 2.32. The zero-order valence-electron chi connectivity index (χ0n) is 16.3. The second kappa shape index (κ2) is 7.92. The van der Waals surface area contributed by atoms with Crippen molar-refractivity contribution in [3.8, 4) is 0 Å². The van der Waals surface area contributed by atoms with Gasteiger partial charge in [-0.15, -0.1) is 5.10 Å². The van der Waals surface area contributed by atoms with Crippen LogP contribution < -0.4 is 0 Å². The molecule has 2 heterocycles. The van der Waals surface area contributed by atoms with E-state index >= 15 is 0 Å². The summed E-state index contributed by atoms with van der Waals surface area (Å²) in [6.45, 7) is 0. The first-order chi connectivity index (χ1) is 15.1. The maximum Gasteiger partial charge on any atom is 0.269 e. The summed E-state index contributed by atoms with van der Waals surface area (Å²) in [6.07, 6.45) is 2.85. The Balaban J connectivity index is 1.38. The fourth-order valence-electron chi connectivity index (χ4n) is 3.79. The summed E-state index contributed by atoms with van der Waals surface area (Å²) in [7, 11) is 0. The van der Waals surface area contributed by atoms with Crippen LogP contribution in [0.2, 0.25) is 0 Å². The lowest BCUT2D eigenvalue weighted by atomic mass is 9.82. The third kappa shape index (κ3) is 3.91. The van der Waals surface area contributed by atoms with Gasteiger partial charge in [0, 0.05) is 30.5 Å². The monoisotopic (exact) mass is 431 g/mol. The van der Waals surface area contributed by atoms with Gasteiger partial charge in [-0.3, -0.25) is 14.9 Å². The largest absolute Gasteiger partial charge is 0.294 e. The van der Waals surface area contributed by atoms with E-state index in [0.717, 1.165) is 16.8 Å². The fourth-order valence-corrected chi connectivity index (χ4v) is 4.56. The van der Waals surface area contributed by atoms with Gasteiger partial charge >= 0.3 is 0 Å². The third-order valence-electron chi connectivity index (χ3n) is 5.32. The highest BCUT2D eigenvalue weighted by atomic mass is 32.2. The number of non-ortho nitro benzene ring substituents is 1. The van der Waals surface area contributed by atoms with Crippen molar-refractivity contribution in [2.24, 2.45) is 0 Å². The first kappa shape index (κ1) is 19.4. The summed E-state index contributed by atoms with van der Waals surface area (Å²) < 4.78 is 1.54. The lowest BCUT2D eigenvalue weighted by Crippen LogP contribution is -2.21. The molecular formula is C22H17N5O3S. The SMILES string of the molecule is O=C1C[C@@H](c2ccccc2)Cc2nc3nc(SCc4cccc([N+](=O)[O-])c4)nn3cc21. The van der Waals surface area contributed by atoms with Crippen LogP contribution in [0.3, 0.4) is 0 Å². The van der Waals surface area contributed by atoms with Gasteiger partial charge in [-0.2, -0.15) is 4.98 Å². The number of ketones is 1. The molecule has 0 saturated heterocycles. The molecule has 9 heteroatoms. The highest BCUT2D eigenvalue weighted by molar-refractivity contribution is 7.98. The molecule has 0 aliphatic heterocycles. The van der Waals surface area contributed by atoms with E-state index in [2.05, 4.69) is 15.1 Å². The Bertz CT molecular complexity index is 1310. The molecule has 0 saturated carbocycles. The lowest BCUT2D eigenvalue weighted by molar-refractivity contribution is -0.384. The minimum Gasteiger partial charge on any atom is -0.294 e. The average molecular weight is 431 g/mol. The van der Waals surface area contributed by atoms with E-state index in [1.165, 1.54) is 22.3 Å². The number of aromatic nitrogens is 4. The summed E-state index contributed by atoms with van der Waals surface area (Å²) in [5, 5.41) is 15.9. The van der Waals surface area contributed by atoms with Gasteiger partial charge in [-0.1, -0.05) is 54.2 Å². The van der Waals surface area contributed by atoms with Crippen molar-refractivity contribution in [1.29, 1.82) is 0 Å². The Hall–Kier alpha value is -3.59. The summed E-state index contributed by atoms with van der Waals surface area (Å²) in [5.74, 6) is 1.11. The average Bonchev–Trinajstić information content (AvgIpc) is 3.19. The zero-order chi connectivity index (χ0) is 21.4. The van der Waals surface area contributed by atoms with Gasteiger partial charge in [0.25, 0.3) is 11.5 Å². The van der Waals surface area contributed by atoms with Gasteiger partial charge in [0.05, 0.1) is 16.2 Å². The van der Waals surface area contributed by atoms with E-state index in [4.69, 9.17) is 0 Å². The molecule has 0 N–H and O–H groups in total. The molecule has 0 bridgehead atoms. The van der Waals surface area contributed by atoms with E-state index in [-0.39, 0.29) is 17.4 Å². The van der Waals surface area contributed by atoms with Gasteiger partial charge < -0.3 is 0 Å². The van der Waals surface area contributed by atoms with Gasteiger partial charge in [0.2, 0.25) is 5.16 Å². The van der Waals surface area contributed by atoms with E-state index in [0.29, 0.717) is 35.1 Å². The van der Waals surface area contributed by atoms with E-state index in [1.54, 1.807) is 18.3 Å². The maximum atomic E-state index is 12.8. The van der Waals surface area contributed by atoms with Crippen molar-refractivity contribution in [1.82, 2.24) is 19.6 Å². The molecule has 5 rings (SSSR count). The number of thioether (sulfide) groups is 1. The van der Waals surface area contributed by atoms with Crippen LogP contribution in [0.5, 0.6) is 0 Å². The molecule has 4 aromatic rings. The number of carbonyl (C=O) groups excluding carboxylic acids is 1. The third-order valence-corrected chi connectivity index (χ3v) is 6.23. The van der Waals surface area contributed by atoms with Crippen LogP contribution in [0.25, 0.3) is 5.78 Å². The van der Waals surface area contributed by atoms with Crippen LogP contribution in [0.15, 0.2) is 66.0 Å². The molecule has 0 unspecified atom stereocenters. The smallest absolute Gasteiger partial charge is 0.269 e. The van der Waals surface area contributed by atoms with Gasteiger partial charge in [0.15, 0.2) is 5.78 Å². The number of hydrogen-bond acceptors (Lipinski definition) is 7. The predicted octanol–water partition coefficient (Wildman–Crippen LogP) is 4.24. The van der Waals surface area contributed by atoms with E-state index < -0.39 is 4.92 Å². The van der Waals surface area contributed by atoms with E-state index in [1.807, 2.05) is 36.4 Å². The molecule has 1 aliphatic rings. The van der Waals surface area contributed by atoms with Crippen molar-refractivity contribution in [2.75, 3.05) is 0 Å². The first-order valence-electron chi connectivity index (χ1n) is 9.77. The Morgan fingerprint density at radius 1 is 1.10 bits per heavy atom. The van der Waals surface area contributed by atoms with Crippen molar-refractivity contribution < 1.29 is 9.72 Å². The van der Waals surface area contributed by atoms with Gasteiger partial charge in [-0.05, 0) is 23.5 Å². The number of Topliss-reactive ketones (excluding diaryl/α,β-unsaturated/α-hetero) is 1. The van der Waals surface area contributed by atoms with Crippen LogP contribution in [0, 0.1) is 10.1 Å². The molecule has 1 atom stereocenters. The van der Waals surface area contributed by atoms with Crippen LogP contribution in [0.1, 0.15) is 39.5 Å². The molecule has 31 heavy (non-hydrogen) atoms. The van der Waals surface area contributed by atoms with Crippen LogP contribution >= 0.6 is 11.8 Å². The first-order valence-corrected chi connectivity index (χ1v) is 10.8. The Morgan fingerprint density at radius 3 is 2.74 bits per heavy atom. The molecule has 0 amide bonds. The summed E-state index contributed by atoms with van der Waals surface area (Å²) >= 11 is 1.37. The Labute approximate surface area is 181 Å². The normalized spacial score (nSPS) is 15.7. The molecule has 0 spiro atoms. The number of nitro groups is 1. The number of nitro benzene ring substituents is 1. The Morgan fingerprint density at radius 2 is 1.94 bits per heavy atom. The quantitative estimate of drug-likeness (QED) is 0.264. The number of fused-ring (bicyclic) bond motifs is 2. The fraction of sp³-hybridized carbons (Fsp3) is 0.182. The van der Waals surface area contributed by atoms with Crippen molar-refractivity contribution >= 4 is 29.0 Å². The molecule has 8 nitrogen and oxygen atoms in total. The Kier molecular flexibility index (Phi) is 4.95. The number of rotatable bonds is 5. The number of benzene rings is 2. The molecule has 0 fully saturated rings. The lowest BCUT2D eigenvalue weighted by Gasteiger charge is -2.22. The zero-order valence-corrected chi connectivity index (χ0v) is 17.2. The van der Waals surface area contributed by atoms with Crippen molar-refractivity contribution in [2.45, 2.75) is 29.7 Å². The van der Waals surface area contributed by atoms with Crippen molar-refractivity contribution in [3.63, 3.8) is 0 Å². The molecule has 2 aromatic heterocycles. The number of carbonyl (C=O) groups is 1. The molecule has 2 aromatic carbocycles. The van der Waals surface area contributed by atoms with Crippen LogP contribution in [-0.2, 0) is 12.2 Å². The van der Waals surface area contributed by atoms with E-state index in [9.17, 15) is 14.9 Å².